The fraction of sp³-hybridized carbons (Fsp3) is 0.353. The molecule has 0 saturated heterocycles. The first-order valence-corrected chi connectivity index (χ1v) is 7.89. The Labute approximate surface area is 142 Å². The average molecular weight is 335 g/mol. The Bertz CT molecular complexity index is 636. The number of halogens is 1. The van der Waals surface area contributed by atoms with Crippen molar-refractivity contribution in [3.05, 3.63) is 58.9 Å². The number of urea groups is 1. The lowest BCUT2D eigenvalue weighted by Crippen LogP contribution is -2.40. The molecule has 0 spiro atoms. The second-order valence-corrected chi connectivity index (χ2v) is 6.15. The first kappa shape index (κ1) is 17.4. The van der Waals surface area contributed by atoms with Crippen LogP contribution in [0.15, 0.2) is 42.6 Å². The molecule has 1 aromatic heterocycles. The highest BCUT2D eigenvalue weighted by atomic mass is 35.5. The monoisotopic (exact) mass is 334 g/mol. The van der Waals surface area contributed by atoms with E-state index in [9.17, 15) is 4.79 Å². The predicted molar refractivity (Wildman–Crippen MR) is 93.5 cm³/mol. The summed E-state index contributed by atoms with van der Waals surface area (Å²) in [4.78, 5) is 14.1. The summed E-state index contributed by atoms with van der Waals surface area (Å²) < 4.78 is 2.07. The normalized spacial score (nSPS) is 12.2. The molecule has 2 amide bonds. The first-order chi connectivity index (χ1) is 11.0. The molecule has 2 N–H and O–H groups in total. The molecule has 0 aliphatic rings. The SMILES string of the molecule is CN(C)[C@H](CNC(=O)NCc1ccc(Cl)cc1)c1cccn1C. The summed E-state index contributed by atoms with van der Waals surface area (Å²) in [5.41, 5.74) is 2.17. The third-order valence-electron chi connectivity index (χ3n) is 3.77. The van der Waals surface area contributed by atoms with Gasteiger partial charge in [-0.3, -0.25) is 4.90 Å². The molecule has 0 aliphatic heterocycles. The Hall–Kier alpha value is -1.98. The molecule has 0 aliphatic carbocycles. The molecule has 2 rings (SSSR count). The molecular weight excluding hydrogens is 312 g/mol. The van der Waals surface area contributed by atoms with Gasteiger partial charge in [0.2, 0.25) is 0 Å². The van der Waals surface area contributed by atoms with Crippen LogP contribution in [-0.4, -0.2) is 36.1 Å². The van der Waals surface area contributed by atoms with Gasteiger partial charge in [-0.2, -0.15) is 0 Å². The zero-order valence-electron chi connectivity index (χ0n) is 13.7. The number of carbonyl (C=O) groups excluding carboxylic acids is 1. The zero-order valence-corrected chi connectivity index (χ0v) is 14.5. The number of aryl methyl sites for hydroxylation is 1. The Morgan fingerprint density at radius 3 is 2.48 bits per heavy atom. The van der Waals surface area contributed by atoms with E-state index in [4.69, 9.17) is 11.6 Å². The molecule has 0 bridgehead atoms. The van der Waals surface area contributed by atoms with Gasteiger partial charge in [0.15, 0.2) is 0 Å². The van der Waals surface area contributed by atoms with Gasteiger partial charge in [0, 0.05) is 37.1 Å². The van der Waals surface area contributed by atoms with Crippen molar-refractivity contribution in [3.63, 3.8) is 0 Å². The van der Waals surface area contributed by atoms with E-state index in [1.54, 1.807) is 0 Å². The minimum atomic E-state index is -0.180. The number of hydrogen-bond acceptors (Lipinski definition) is 2. The molecule has 23 heavy (non-hydrogen) atoms. The summed E-state index contributed by atoms with van der Waals surface area (Å²) in [6.45, 7) is 1.01. The molecule has 0 radical (unpaired) electrons. The van der Waals surface area contributed by atoms with Gasteiger partial charge in [-0.25, -0.2) is 4.79 Å². The van der Waals surface area contributed by atoms with Gasteiger partial charge in [0.05, 0.1) is 6.04 Å². The topological polar surface area (TPSA) is 49.3 Å². The third kappa shape index (κ3) is 5.01. The van der Waals surface area contributed by atoms with Crippen LogP contribution in [-0.2, 0) is 13.6 Å². The van der Waals surface area contributed by atoms with Crippen molar-refractivity contribution in [2.75, 3.05) is 20.6 Å². The Morgan fingerprint density at radius 1 is 1.22 bits per heavy atom. The van der Waals surface area contributed by atoms with Gasteiger partial charge in [0.1, 0.15) is 0 Å². The van der Waals surface area contributed by atoms with E-state index < -0.39 is 0 Å². The van der Waals surface area contributed by atoms with Crippen LogP contribution in [0, 0.1) is 0 Å². The molecule has 2 aromatic rings. The van der Waals surface area contributed by atoms with Gasteiger partial charge in [-0.1, -0.05) is 23.7 Å². The number of rotatable bonds is 6. The summed E-state index contributed by atoms with van der Waals surface area (Å²) in [7, 11) is 6.02. The molecule has 1 heterocycles. The van der Waals surface area contributed by atoms with Gasteiger partial charge in [-0.15, -0.1) is 0 Å². The van der Waals surface area contributed by atoms with E-state index in [1.807, 2.05) is 57.7 Å². The quantitative estimate of drug-likeness (QED) is 0.853. The second-order valence-electron chi connectivity index (χ2n) is 5.71. The molecular formula is C17H23ClN4O. The van der Waals surface area contributed by atoms with Gasteiger partial charge in [-0.05, 0) is 43.9 Å². The van der Waals surface area contributed by atoms with Crippen molar-refractivity contribution in [1.82, 2.24) is 20.1 Å². The Morgan fingerprint density at radius 2 is 1.91 bits per heavy atom. The summed E-state index contributed by atoms with van der Waals surface area (Å²) in [5.74, 6) is 0. The zero-order chi connectivity index (χ0) is 16.8. The fourth-order valence-corrected chi connectivity index (χ4v) is 2.53. The molecule has 1 atom stereocenters. The molecule has 0 unspecified atom stereocenters. The fourth-order valence-electron chi connectivity index (χ4n) is 2.41. The van der Waals surface area contributed by atoms with Crippen molar-refractivity contribution >= 4 is 17.6 Å². The number of likely N-dealkylation sites (N-methyl/N-ethyl adjacent to an activating group) is 1. The molecule has 1 aromatic carbocycles. The maximum Gasteiger partial charge on any atom is 0.315 e. The van der Waals surface area contributed by atoms with Crippen molar-refractivity contribution in [1.29, 1.82) is 0 Å². The van der Waals surface area contributed by atoms with Crippen molar-refractivity contribution in [2.24, 2.45) is 7.05 Å². The second kappa shape index (κ2) is 8.04. The van der Waals surface area contributed by atoms with E-state index in [0.717, 1.165) is 11.3 Å². The maximum atomic E-state index is 12.0. The minimum absolute atomic E-state index is 0.122. The van der Waals surface area contributed by atoms with E-state index >= 15 is 0 Å². The number of nitrogens with zero attached hydrogens (tertiary/aromatic N) is 2. The van der Waals surface area contributed by atoms with Crippen LogP contribution in [0.2, 0.25) is 5.02 Å². The minimum Gasteiger partial charge on any atom is -0.353 e. The van der Waals surface area contributed by atoms with E-state index in [0.29, 0.717) is 18.1 Å². The number of amides is 2. The molecule has 124 valence electrons. The number of carbonyl (C=O) groups is 1. The predicted octanol–water partition coefficient (Wildman–Crippen LogP) is 2.78. The summed E-state index contributed by atoms with van der Waals surface area (Å²) in [6.07, 6.45) is 2.01. The van der Waals surface area contributed by atoms with E-state index in [2.05, 4.69) is 26.2 Å². The van der Waals surface area contributed by atoms with E-state index in [1.165, 1.54) is 0 Å². The molecule has 6 heteroatoms. The van der Waals surface area contributed by atoms with Gasteiger partial charge >= 0.3 is 6.03 Å². The maximum absolute atomic E-state index is 12.0. The lowest BCUT2D eigenvalue weighted by atomic mass is 10.2. The number of aromatic nitrogens is 1. The first-order valence-electron chi connectivity index (χ1n) is 7.51. The third-order valence-corrected chi connectivity index (χ3v) is 4.02. The number of benzene rings is 1. The standard InChI is InChI=1S/C17H23ClN4O/c1-21(2)16(15-5-4-10-22(15)3)12-20-17(23)19-11-13-6-8-14(18)9-7-13/h4-10,16H,11-12H2,1-3H3,(H2,19,20,23)/t16-/m1/s1. The van der Waals surface area contributed by atoms with Crippen LogP contribution >= 0.6 is 11.6 Å². The van der Waals surface area contributed by atoms with Crippen molar-refractivity contribution in [3.8, 4) is 0 Å². The highest BCUT2D eigenvalue weighted by molar-refractivity contribution is 6.30. The lowest BCUT2D eigenvalue weighted by molar-refractivity contribution is 0.231. The summed E-state index contributed by atoms with van der Waals surface area (Å²) >= 11 is 5.84. The Balaban J connectivity index is 1.84. The molecule has 0 fully saturated rings. The highest BCUT2D eigenvalue weighted by Crippen LogP contribution is 2.17. The van der Waals surface area contributed by atoms with Crippen LogP contribution in [0.4, 0.5) is 4.79 Å². The average Bonchev–Trinajstić information content (AvgIpc) is 2.93. The number of nitrogens with one attached hydrogen (secondary N) is 2. The van der Waals surface area contributed by atoms with Crippen LogP contribution < -0.4 is 10.6 Å². The van der Waals surface area contributed by atoms with Gasteiger partial charge < -0.3 is 15.2 Å². The van der Waals surface area contributed by atoms with Crippen LogP contribution in [0.1, 0.15) is 17.3 Å². The van der Waals surface area contributed by atoms with Crippen molar-refractivity contribution < 1.29 is 4.79 Å². The van der Waals surface area contributed by atoms with E-state index in [-0.39, 0.29) is 12.1 Å². The van der Waals surface area contributed by atoms with Crippen LogP contribution in [0.25, 0.3) is 0 Å². The number of hydrogen-bond donors (Lipinski definition) is 2. The Kier molecular flexibility index (Phi) is 6.07. The van der Waals surface area contributed by atoms with Crippen molar-refractivity contribution in [2.45, 2.75) is 12.6 Å². The smallest absolute Gasteiger partial charge is 0.315 e. The largest absolute Gasteiger partial charge is 0.353 e. The van der Waals surface area contributed by atoms with Crippen LogP contribution in [0.5, 0.6) is 0 Å². The lowest BCUT2D eigenvalue weighted by Gasteiger charge is -2.25. The molecule has 0 saturated carbocycles. The van der Waals surface area contributed by atoms with Gasteiger partial charge in [0.25, 0.3) is 0 Å². The highest BCUT2D eigenvalue weighted by Gasteiger charge is 2.17. The molecule has 5 nitrogen and oxygen atoms in total. The summed E-state index contributed by atoms with van der Waals surface area (Å²) in [5, 5.41) is 6.47. The summed E-state index contributed by atoms with van der Waals surface area (Å²) in [6, 6.07) is 11.4. The van der Waals surface area contributed by atoms with Crippen LogP contribution in [0.3, 0.4) is 0 Å².